The first-order valence-electron chi connectivity index (χ1n) is 6.12. The molecule has 20 heavy (non-hydrogen) atoms. The van der Waals surface area contributed by atoms with E-state index in [-0.39, 0.29) is 23.2 Å². The van der Waals surface area contributed by atoms with Crippen LogP contribution in [-0.4, -0.2) is 34.9 Å². The number of amidine groups is 1. The van der Waals surface area contributed by atoms with Gasteiger partial charge in [0.05, 0.1) is 4.47 Å². The Labute approximate surface area is 125 Å². The highest BCUT2D eigenvalue weighted by Gasteiger charge is 2.19. The Hall–Kier alpha value is -1.63. The molecule has 1 atom stereocenters. The zero-order valence-electron chi connectivity index (χ0n) is 11.3. The monoisotopic (exact) mass is 345 g/mol. The molecule has 5 nitrogen and oxygen atoms in total. The molecule has 1 rings (SSSR count). The fraction of sp³-hybridized carbons (Fsp3) is 0.385. The van der Waals surface area contributed by atoms with Crippen molar-refractivity contribution in [3.8, 4) is 0 Å². The SMILES string of the molecule is CCN(CC(C)C(N)=NO)C(=O)c1ccc(Br)c(F)c1. The molecule has 0 saturated heterocycles. The lowest BCUT2D eigenvalue weighted by Crippen LogP contribution is -2.38. The van der Waals surface area contributed by atoms with Gasteiger partial charge in [0.2, 0.25) is 0 Å². The number of halogens is 2. The molecule has 110 valence electrons. The molecular formula is C13H17BrFN3O2. The van der Waals surface area contributed by atoms with Crippen molar-refractivity contribution in [2.24, 2.45) is 16.8 Å². The minimum absolute atomic E-state index is 0.0539. The summed E-state index contributed by atoms with van der Waals surface area (Å²) in [4.78, 5) is 13.8. The summed E-state index contributed by atoms with van der Waals surface area (Å²) in [6.45, 7) is 4.29. The summed E-state index contributed by atoms with van der Waals surface area (Å²) < 4.78 is 13.8. The molecule has 0 fully saturated rings. The minimum Gasteiger partial charge on any atom is -0.409 e. The van der Waals surface area contributed by atoms with Crippen molar-refractivity contribution >= 4 is 27.7 Å². The third-order valence-electron chi connectivity index (χ3n) is 2.95. The van der Waals surface area contributed by atoms with Gasteiger partial charge in [-0.3, -0.25) is 4.79 Å². The average Bonchev–Trinajstić information content (AvgIpc) is 2.45. The number of hydrogen-bond donors (Lipinski definition) is 2. The van der Waals surface area contributed by atoms with E-state index < -0.39 is 5.82 Å². The van der Waals surface area contributed by atoms with Crippen LogP contribution in [0.25, 0.3) is 0 Å². The van der Waals surface area contributed by atoms with Crippen molar-refractivity contribution in [2.75, 3.05) is 13.1 Å². The van der Waals surface area contributed by atoms with Crippen molar-refractivity contribution in [2.45, 2.75) is 13.8 Å². The molecule has 0 aromatic heterocycles. The molecular weight excluding hydrogens is 329 g/mol. The molecule has 1 amide bonds. The summed E-state index contributed by atoms with van der Waals surface area (Å²) in [5.41, 5.74) is 5.76. The first-order chi connectivity index (χ1) is 9.40. The number of oxime groups is 1. The van der Waals surface area contributed by atoms with Crippen LogP contribution in [0.2, 0.25) is 0 Å². The van der Waals surface area contributed by atoms with Gasteiger partial charge in [-0.05, 0) is 41.1 Å². The lowest BCUT2D eigenvalue weighted by molar-refractivity contribution is 0.0753. The molecule has 0 aliphatic heterocycles. The van der Waals surface area contributed by atoms with Crippen LogP contribution in [-0.2, 0) is 0 Å². The van der Waals surface area contributed by atoms with Crippen molar-refractivity contribution in [3.63, 3.8) is 0 Å². The van der Waals surface area contributed by atoms with Gasteiger partial charge in [-0.2, -0.15) is 0 Å². The van der Waals surface area contributed by atoms with Crippen molar-refractivity contribution < 1.29 is 14.4 Å². The smallest absolute Gasteiger partial charge is 0.253 e. The van der Waals surface area contributed by atoms with Crippen LogP contribution in [0.5, 0.6) is 0 Å². The Morgan fingerprint density at radius 2 is 2.25 bits per heavy atom. The molecule has 0 aliphatic rings. The highest BCUT2D eigenvalue weighted by atomic mass is 79.9. The maximum absolute atomic E-state index is 13.5. The van der Waals surface area contributed by atoms with E-state index in [0.717, 1.165) is 0 Å². The number of hydrogen-bond acceptors (Lipinski definition) is 3. The largest absolute Gasteiger partial charge is 0.409 e. The van der Waals surface area contributed by atoms with Gasteiger partial charge < -0.3 is 15.8 Å². The molecule has 3 N–H and O–H groups in total. The lowest BCUT2D eigenvalue weighted by Gasteiger charge is -2.24. The Kier molecular flexibility index (Phi) is 5.94. The second-order valence-corrected chi connectivity index (χ2v) is 5.25. The van der Waals surface area contributed by atoms with E-state index in [1.807, 2.05) is 6.92 Å². The predicted octanol–water partition coefficient (Wildman–Crippen LogP) is 2.43. The van der Waals surface area contributed by atoms with Gasteiger partial charge in [-0.25, -0.2) is 4.39 Å². The molecule has 1 unspecified atom stereocenters. The van der Waals surface area contributed by atoms with Crippen LogP contribution < -0.4 is 5.73 Å². The number of nitrogens with two attached hydrogens (primary N) is 1. The second-order valence-electron chi connectivity index (χ2n) is 4.40. The summed E-state index contributed by atoms with van der Waals surface area (Å²) in [5, 5.41) is 11.5. The Bertz CT molecular complexity index is 522. The van der Waals surface area contributed by atoms with Crippen molar-refractivity contribution in [3.05, 3.63) is 34.1 Å². The maximum atomic E-state index is 13.5. The first-order valence-corrected chi connectivity index (χ1v) is 6.91. The topological polar surface area (TPSA) is 78.9 Å². The van der Waals surface area contributed by atoms with Crippen LogP contribution in [0.15, 0.2) is 27.8 Å². The summed E-state index contributed by atoms with van der Waals surface area (Å²) in [7, 11) is 0. The van der Waals surface area contributed by atoms with E-state index in [4.69, 9.17) is 10.9 Å². The number of carbonyl (C=O) groups excluding carboxylic acids is 1. The third-order valence-corrected chi connectivity index (χ3v) is 3.59. The van der Waals surface area contributed by atoms with Gasteiger partial charge in [0, 0.05) is 24.6 Å². The van der Waals surface area contributed by atoms with E-state index in [1.165, 1.54) is 17.0 Å². The summed E-state index contributed by atoms with van der Waals surface area (Å²) in [5.74, 6) is -1.02. The molecule has 0 aliphatic carbocycles. The fourth-order valence-corrected chi connectivity index (χ4v) is 1.94. The van der Waals surface area contributed by atoms with Gasteiger partial charge in [0.15, 0.2) is 0 Å². The number of benzene rings is 1. The van der Waals surface area contributed by atoms with E-state index in [1.54, 1.807) is 13.0 Å². The zero-order valence-corrected chi connectivity index (χ0v) is 12.9. The number of rotatable bonds is 5. The normalized spacial score (nSPS) is 13.1. The summed E-state index contributed by atoms with van der Waals surface area (Å²) in [6.07, 6.45) is 0. The number of nitrogens with zero attached hydrogens (tertiary/aromatic N) is 2. The maximum Gasteiger partial charge on any atom is 0.253 e. The first kappa shape index (κ1) is 16.4. The Morgan fingerprint density at radius 1 is 1.60 bits per heavy atom. The van der Waals surface area contributed by atoms with Gasteiger partial charge in [0.1, 0.15) is 11.7 Å². The van der Waals surface area contributed by atoms with Gasteiger partial charge in [0.25, 0.3) is 5.91 Å². The predicted molar refractivity (Wildman–Crippen MR) is 78.3 cm³/mol. The van der Waals surface area contributed by atoms with Crippen LogP contribution in [0.4, 0.5) is 4.39 Å². The highest BCUT2D eigenvalue weighted by molar-refractivity contribution is 9.10. The van der Waals surface area contributed by atoms with Crippen LogP contribution >= 0.6 is 15.9 Å². The summed E-state index contributed by atoms with van der Waals surface area (Å²) in [6, 6.07) is 4.22. The number of carbonyl (C=O) groups is 1. The van der Waals surface area contributed by atoms with Crippen LogP contribution in [0, 0.1) is 11.7 Å². The van der Waals surface area contributed by atoms with Gasteiger partial charge >= 0.3 is 0 Å². The van der Waals surface area contributed by atoms with E-state index in [9.17, 15) is 9.18 Å². The van der Waals surface area contributed by atoms with Crippen LogP contribution in [0.3, 0.4) is 0 Å². The van der Waals surface area contributed by atoms with Gasteiger partial charge in [-0.15, -0.1) is 0 Å². The molecule has 7 heteroatoms. The van der Waals surface area contributed by atoms with Crippen molar-refractivity contribution in [1.82, 2.24) is 4.90 Å². The highest BCUT2D eigenvalue weighted by Crippen LogP contribution is 2.18. The fourth-order valence-electron chi connectivity index (χ4n) is 1.69. The summed E-state index contributed by atoms with van der Waals surface area (Å²) >= 11 is 3.04. The number of amides is 1. The Balaban J connectivity index is 2.89. The zero-order chi connectivity index (χ0) is 15.3. The molecule has 0 spiro atoms. The molecule has 0 radical (unpaired) electrons. The van der Waals surface area contributed by atoms with Crippen molar-refractivity contribution in [1.29, 1.82) is 0 Å². The molecule has 0 saturated carbocycles. The lowest BCUT2D eigenvalue weighted by atomic mass is 10.1. The minimum atomic E-state index is -0.489. The van der Waals surface area contributed by atoms with E-state index >= 15 is 0 Å². The molecule has 1 aromatic rings. The average molecular weight is 346 g/mol. The van der Waals surface area contributed by atoms with E-state index in [2.05, 4.69) is 21.1 Å². The molecule has 1 aromatic carbocycles. The second kappa shape index (κ2) is 7.23. The quantitative estimate of drug-likeness (QED) is 0.372. The molecule has 0 bridgehead atoms. The van der Waals surface area contributed by atoms with Gasteiger partial charge in [-0.1, -0.05) is 12.1 Å². The Morgan fingerprint density at radius 3 is 2.75 bits per heavy atom. The van der Waals surface area contributed by atoms with Crippen LogP contribution in [0.1, 0.15) is 24.2 Å². The molecule has 0 heterocycles. The van der Waals surface area contributed by atoms with E-state index in [0.29, 0.717) is 17.6 Å². The standard InChI is InChI=1S/C13H17BrFN3O2/c1-3-18(7-8(2)12(16)17-20)13(19)9-4-5-10(14)11(15)6-9/h4-6,8,20H,3,7H2,1-2H3,(H2,16,17). The third kappa shape index (κ3) is 3.93.